The summed E-state index contributed by atoms with van der Waals surface area (Å²) in [6.45, 7) is 2.08. The Balaban J connectivity index is 1.40. The fraction of sp³-hybridized carbons (Fsp3) is 0.125. The summed E-state index contributed by atoms with van der Waals surface area (Å²) in [6.07, 6.45) is 4.29. The van der Waals surface area contributed by atoms with E-state index in [1.54, 1.807) is 12.4 Å². The normalized spacial score (nSPS) is 15.3. The number of carbonyl (C=O) groups is 1. The lowest BCUT2D eigenvalue weighted by Gasteiger charge is -2.22. The fourth-order valence-corrected chi connectivity index (χ4v) is 3.95. The Morgan fingerprint density at radius 1 is 1.00 bits per heavy atom. The number of aromatic nitrogens is 2. The highest BCUT2D eigenvalue weighted by molar-refractivity contribution is 6.07. The minimum absolute atomic E-state index is 0.0201. The van der Waals surface area contributed by atoms with Crippen molar-refractivity contribution in [3.05, 3.63) is 90.3 Å². The first-order valence-electron chi connectivity index (χ1n) is 9.69. The van der Waals surface area contributed by atoms with Crippen LogP contribution in [0.15, 0.2) is 79.1 Å². The van der Waals surface area contributed by atoms with Crippen LogP contribution in [0.25, 0.3) is 10.9 Å². The molecule has 1 aliphatic heterocycles. The maximum atomic E-state index is 13.1. The molecule has 0 saturated heterocycles. The number of para-hydroxylation sites is 2. The zero-order chi connectivity index (χ0) is 19.8. The highest BCUT2D eigenvalue weighted by Crippen LogP contribution is 2.33. The summed E-state index contributed by atoms with van der Waals surface area (Å²) < 4.78 is 0. The highest BCUT2D eigenvalue weighted by atomic mass is 16.2. The molecule has 1 aliphatic rings. The molecule has 5 nitrogen and oxygen atoms in total. The van der Waals surface area contributed by atoms with Gasteiger partial charge in [-0.15, -0.1) is 0 Å². The maximum absolute atomic E-state index is 13.1. The second kappa shape index (κ2) is 7.02. The first-order valence-corrected chi connectivity index (χ1v) is 9.69. The lowest BCUT2D eigenvalue weighted by atomic mass is 10.1. The molecule has 1 unspecified atom stereocenters. The van der Waals surface area contributed by atoms with Gasteiger partial charge in [0.15, 0.2) is 0 Å². The number of anilines is 3. The lowest BCUT2D eigenvalue weighted by molar-refractivity contribution is 0.0981. The molecule has 0 spiro atoms. The number of carbonyl (C=O) groups excluding carboxylic acids is 1. The highest BCUT2D eigenvalue weighted by Gasteiger charge is 2.31. The van der Waals surface area contributed by atoms with Crippen LogP contribution in [0.4, 0.5) is 17.2 Å². The molecule has 5 heteroatoms. The summed E-state index contributed by atoms with van der Waals surface area (Å²) in [4.78, 5) is 23.9. The van der Waals surface area contributed by atoms with Crippen LogP contribution in [0.5, 0.6) is 0 Å². The van der Waals surface area contributed by atoms with Crippen molar-refractivity contribution in [2.24, 2.45) is 0 Å². The van der Waals surface area contributed by atoms with Gasteiger partial charge in [-0.3, -0.25) is 9.78 Å². The Morgan fingerprint density at radius 3 is 2.72 bits per heavy atom. The largest absolute Gasteiger partial charge is 0.338 e. The van der Waals surface area contributed by atoms with E-state index in [0.29, 0.717) is 11.4 Å². The quantitative estimate of drug-likeness (QED) is 0.545. The zero-order valence-electron chi connectivity index (χ0n) is 16.0. The van der Waals surface area contributed by atoms with Gasteiger partial charge < -0.3 is 10.2 Å². The second-order valence-corrected chi connectivity index (χ2v) is 7.29. The third-order valence-corrected chi connectivity index (χ3v) is 5.33. The number of amides is 1. The van der Waals surface area contributed by atoms with Crippen molar-refractivity contribution >= 4 is 34.0 Å². The van der Waals surface area contributed by atoms with Gasteiger partial charge in [0, 0.05) is 29.5 Å². The van der Waals surface area contributed by atoms with Crippen LogP contribution in [-0.2, 0) is 6.42 Å². The number of rotatable bonds is 3. The van der Waals surface area contributed by atoms with Gasteiger partial charge in [0.2, 0.25) is 0 Å². The van der Waals surface area contributed by atoms with Gasteiger partial charge in [-0.2, -0.15) is 0 Å². The molecule has 0 radical (unpaired) electrons. The molecule has 1 amide bonds. The molecular weight excluding hydrogens is 360 g/mol. The minimum Gasteiger partial charge on any atom is -0.338 e. The molecule has 29 heavy (non-hydrogen) atoms. The van der Waals surface area contributed by atoms with E-state index in [1.165, 1.54) is 5.56 Å². The SMILES string of the molecule is CC1Cc2ccccc2N1C(=O)c1ccc(Nc2cccc3cccnc23)nc1. The van der Waals surface area contributed by atoms with Crippen LogP contribution in [-0.4, -0.2) is 21.9 Å². The fourth-order valence-electron chi connectivity index (χ4n) is 3.95. The zero-order valence-corrected chi connectivity index (χ0v) is 16.0. The van der Waals surface area contributed by atoms with E-state index >= 15 is 0 Å². The number of nitrogens with zero attached hydrogens (tertiary/aromatic N) is 3. The number of hydrogen-bond acceptors (Lipinski definition) is 4. The maximum Gasteiger partial charge on any atom is 0.260 e. The molecule has 0 saturated carbocycles. The summed E-state index contributed by atoms with van der Waals surface area (Å²) in [6, 6.07) is 21.8. The first-order chi connectivity index (χ1) is 14.2. The molecule has 0 bridgehead atoms. The van der Waals surface area contributed by atoms with E-state index in [1.807, 2.05) is 65.6 Å². The minimum atomic E-state index is -0.0201. The van der Waals surface area contributed by atoms with Crippen molar-refractivity contribution < 1.29 is 4.79 Å². The topological polar surface area (TPSA) is 58.1 Å². The molecule has 5 rings (SSSR count). The van der Waals surface area contributed by atoms with Crippen LogP contribution in [0.1, 0.15) is 22.8 Å². The summed E-state index contributed by atoms with van der Waals surface area (Å²) in [7, 11) is 0. The predicted molar refractivity (Wildman–Crippen MR) is 116 cm³/mol. The van der Waals surface area contributed by atoms with Crippen molar-refractivity contribution in [2.75, 3.05) is 10.2 Å². The third-order valence-electron chi connectivity index (χ3n) is 5.33. The number of benzene rings is 2. The number of nitrogens with one attached hydrogen (secondary N) is 1. The van der Waals surface area contributed by atoms with Gasteiger partial charge in [0.1, 0.15) is 5.82 Å². The van der Waals surface area contributed by atoms with E-state index in [2.05, 4.69) is 28.3 Å². The average Bonchev–Trinajstić information content (AvgIpc) is 3.10. The Kier molecular flexibility index (Phi) is 4.21. The van der Waals surface area contributed by atoms with E-state index in [0.717, 1.165) is 28.7 Å². The van der Waals surface area contributed by atoms with Gasteiger partial charge in [0.05, 0.1) is 16.8 Å². The van der Waals surface area contributed by atoms with E-state index in [9.17, 15) is 4.79 Å². The molecule has 0 aliphatic carbocycles. The van der Waals surface area contributed by atoms with E-state index in [4.69, 9.17) is 0 Å². The number of fused-ring (bicyclic) bond motifs is 2. The Hall–Kier alpha value is -3.73. The van der Waals surface area contributed by atoms with Crippen molar-refractivity contribution in [1.29, 1.82) is 0 Å². The Labute approximate surface area is 169 Å². The van der Waals surface area contributed by atoms with Crippen molar-refractivity contribution in [3.63, 3.8) is 0 Å². The first kappa shape index (κ1) is 17.4. The smallest absolute Gasteiger partial charge is 0.260 e. The standard InChI is InChI=1S/C24H20N4O/c1-16-14-18-6-2-3-10-21(18)28(16)24(29)19-11-12-22(26-15-19)27-20-9-4-7-17-8-5-13-25-23(17)20/h2-13,15-16H,14H2,1H3,(H,26,27). The summed E-state index contributed by atoms with van der Waals surface area (Å²) in [5.74, 6) is 0.655. The Bertz CT molecular complexity index is 1200. The molecule has 1 N–H and O–H groups in total. The molecule has 142 valence electrons. The molecule has 0 fully saturated rings. The van der Waals surface area contributed by atoms with Gasteiger partial charge in [-0.25, -0.2) is 4.98 Å². The van der Waals surface area contributed by atoms with Crippen LogP contribution in [0, 0.1) is 0 Å². The average molecular weight is 380 g/mol. The summed E-state index contributed by atoms with van der Waals surface area (Å²) in [5, 5.41) is 4.37. The molecule has 3 heterocycles. The van der Waals surface area contributed by atoms with Gasteiger partial charge in [-0.1, -0.05) is 36.4 Å². The molecule has 4 aromatic rings. The van der Waals surface area contributed by atoms with Crippen LogP contribution in [0.2, 0.25) is 0 Å². The van der Waals surface area contributed by atoms with Crippen LogP contribution < -0.4 is 10.2 Å². The van der Waals surface area contributed by atoms with Crippen molar-refractivity contribution in [2.45, 2.75) is 19.4 Å². The van der Waals surface area contributed by atoms with E-state index < -0.39 is 0 Å². The van der Waals surface area contributed by atoms with Gasteiger partial charge in [0.25, 0.3) is 5.91 Å². The lowest BCUT2D eigenvalue weighted by Crippen LogP contribution is -2.35. The molecule has 2 aromatic carbocycles. The molecule has 2 aromatic heterocycles. The van der Waals surface area contributed by atoms with Crippen LogP contribution >= 0.6 is 0 Å². The molecular formula is C24H20N4O. The third kappa shape index (κ3) is 3.10. The Morgan fingerprint density at radius 2 is 1.86 bits per heavy atom. The van der Waals surface area contributed by atoms with Gasteiger partial charge in [-0.05, 0) is 49.2 Å². The van der Waals surface area contributed by atoms with Crippen LogP contribution in [0.3, 0.4) is 0 Å². The van der Waals surface area contributed by atoms with Gasteiger partial charge >= 0.3 is 0 Å². The number of pyridine rings is 2. The van der Waals surface area contributed by atoms with E-state index in [-0.39, 0.29) is 11.9 Å². The summed E-state index contributed by atoms with van der Waals surface area (Å²) >= 11 is 0. The second-order valence-electron chi connectivity index (χ2n) is 7.29. The predicted octanol–water partition coefficient (Wildman–Crippen LogP) is 4.96. The van der Waals surface area contributed by atoms with Crippen molar-refractivity contribution in [3.8, 4) is 0 Å². The molecule has 1 atom stereocenters. The van der Waals surface area contributed by atoms with Crippen molar-refractivity contribution in [1.82, 2.24) is 9.97 Å². The summed E-state index contributed by atoms with van der Waals surface area (Å²) in [5.41, 5.74) is 4.56. The number of hydrogen-bond donors (Lipinski definition) is 1. The monoisotopic (exact) mass is 380 g/mol.